The molecule has 0 unspecified atom stereocenters. The van der Waals surface area contributed by atoms with E-state index >= 15 is 0 Å². The van der Waals surface area contributed by atoms with Crippen molar-refractivity contribution in [3.63, 3.8) is 0 Å². The topological polar surface area (TPSA) is 108 Å². The van der Waals surface area contributed by atoms with Gasteiger partial charge in [-0.25, -0.2) is 5.10 Å². The lowest BCUT2D eigenvalue weighted by Crippen LogP contribution is -2.46. The third-order valence-corrected chi connectivity index (χ3v) is 5.80. The fourth-order valence-electron chi connectivity index (χ4n) is 3.82. The second-order valence-electron chi connectivity index (χ2n) is 7.64. The lowest BCUT2D eigenvalue weighted by Gasteiger charge is -2.38. The van der Waals surface area contributed by atoms with Gasteiger partial charge in [0.1, 0.15) is 0 Å². The average molecular weight is 419 g/mol. The maximum atomic E-state index is 8.12. The van der Waals surface area contributed by atoms with Crippen molar-refractivity contribution in [2.75, 3.05) is 36.8 Å². The van der Waals surface area contributed by atoms with Crippen LogP contribution in [-0.4, -0.2) is 58.5 Å². The fraction of sp³-hybridized carbons (Fsp3) is 0.550. The highest BCUT2D eigenvalue weighted by atomic mass is 35.5. The molecule has 2 fully saturated rings. The Hall–Kier alpha value is -2.41. The summed E-state index contributed by atoms with van der Waals surface area (Å²) in [5.41, 5.74) is 7.02. The van der Waals surface area contributed by atoms with E-state index in [1.807, 2.05) is 12.1 Å². The van der Waals surface area contributed by atoms with Gasteiger partial charge >= 0.3 is 6.15 Å². The normalized spacial score (nSPS) is 17.0. The van der Waals surface area contributed by atoms with Gasteiger partial charge < -0.3 is 10.6 Å². The van der Waals surface area contributed by atoms with Gasteiger partial charge in [-0.3, -0.25) is 4.90 Å². The molecule has 1 aromatic heterocycles. The van der Waals surface area contributed by atoms with Gasteiger partial charge in [-0.1, -0.05) is 23.7 Å². The van der Waals surface area contributed by atoms with Gasteiger partial charge in [-0.2, -0.15) is 14.6 Å². The van der Waals surface area contributed by atoms with Crippen LogP contribution >= 0.6 is 11.6 Å². The van der Waals surface area contributed by atoms with Crippen LogP contribution in [0.4, 0.5) is 11.9 Å². The molecule has 3 N–H and O–H groups in total. The second kappa shape index (κ2) is 10.4. The molecular formula is C20H27ClN6O2. The molecule has 0 spiro atoms. The summed E-state index contributed by atoms with van der Waals surface area (Å²) in [7, 11) is 0. The van der Waals surface area contributed by atoms with Gasteiger partial charge in [0, 0.05) is 37.2 Å². The molecule has 1 saturated heterocycles. The van der Waals surface area contributed by atoms with Crippen molar-refractivity contribution in [3.05, 3.63) is 34.9 Å². The predicted octanol–water partition coefficient (Wildman–Crippen LogP) is 2.38. The molecule has 0 radical (unpaired) electrons. The van der Waals surface area contributed by atoms with Gasteiger partial charge in [0.2, 0.25) is 11.9 Å². The summed E-state index contributed by atoms with van der Waals surface area (Å²) in [6.07, 6.45) is 6.44. The minimum Gasteiger partial charge on any atom is -0.368 e. The third-order valence-electron chi connectivity index (χ3n) is 5.55. The maximum absolute atomic E-state index is 8.12. The molecule has 1 aliphatic carbocycles. The minimum absolute atomic E-state index is 0.250. The van der Waals surface area contributed by atoms with Crippen LogP contribution in [0.25, 0.3) is 0 Å². The average Bonchev–Trinajstić information content (AvgIpc) is 3.45. The van der Waals surface area contributed by atoms with Crippen molar-refractivity contribution in [1.82, 2.24) is 20.1 Å². The summed E-state index contributed by atoms with van der Waals surface area (Å²) >= 11 is 6.00. The number of hydrogen-bond donors (Lipinski definition) is 2. The standard InChI is InChI=1S/C19H27ClN6.CO2/c20-16-5-3-14(4-6-16)7-10-26(13-15-1-2-15)17-8-11-25(12-9-17)19-22-18(21)23-24-19;2-1-3/h3-6,15,17H,1-2,7-13H2,(H3,21,22,23,24);. The monoisotopic (exact) mass is 418 g/mol. The molecule has 4 rings (SSSR count). The zero-order valence-corrected chi connectivity index (χ0v) is 17.1. The van der Waals surface area contributed by atoms with Crippen LogP contribution in [0.3, 0.4) is 0 Å². The lowest BCUT2D eigenvalue weighted by atomic mass is 10.0. The van der Waals surface area contributed by atoms with Gasteiger partial charge in [0.05, 0.1) is 0 Å². The molecular weight excluding hydrogens is 392 g/mol. The number of rotatable bonds is 7. The number of benzene rings is 1. The van der Waals surface area contributed by atoms with E-state index in [0.717, 1.165) is 55.8 Å². The summed E-state index contributed by atoms with van der Waals surface area (Å²) < 4.78 is 0. The van der Waals surface area contributed by atoms with Crippen LogP contribution in [0, 0.1) is 5.92 Å². The Labute approximate surface area is 175 Å². The molecule has 2 aliphatic rings. The molecule has 0 atom stereocenters. The van der Waals surface area contributed by atoms with E-state index in [1.165, 1.54) is 24.9 Å². The van der Waals surface area contributed by atoms with Gasteiger partial charge in [-0.05, 0) is 55.7 Å². The van der Waals surface area contributed by atoms with E-state index in [-0.39, 0.29) is 6.15 Å². The number of carbonyl (C=O) groups excluding carboxylic acids is 2. The SMILES string of the molecule is Nc1nc(N2CCC(N(CCc3ccc(Cl)cc3)CC3CC3)CC2)n[nH]1.O=C=O. The van der Waals surface area contributed by atoms with Crippen molar-refractivity contribution in [3.8, 4) is 0 Å². The van der Waals surface area contributed by atoms with Gasteiger partial charge in [0.15, 0.2) is 0 Å². The number of nitrogen functional groups attached to an aromatic ring is 1. The summed E-state index contributed by atoms with van der Waals surface area (Å²) in [5.74, 6) is 2.03. The first kappa shape index (κ1) is 21.3. The number of H-pyrrole nitrogens is 1. The molecule has 0 bridgehead atoms. The van der Waals surface area contributed by atoms with E-state index in [0.29, 0.717) is 12.0 Å². The van der Waals surface area contributed by atoms with Crippen LogP contribution in [0.5, 0.6) is 0 Å². The molecule has 156 valence electrons. The molecule has 1 aliphatic heterocycles. The first-order valence-corrected chi connectivity index (χ1v) is 10.4. The van der Waals surface area contributed by atoms with E-state index < -0.39 is 0 Å². The summed E-state index contributed by atoms with van der Waals surface area (Å²) in [5, 5.41) is 7.73. The highest BCUT2D eigenvalue weighted by molar-refractivity contribution is 6.30. The number of aromatic nitrogens is 3. The van der Waals surface area contributed by atoms with Crippen LogP contribution in [-0.2, 0) is 16.0 Å². The van der Waals surface area contributed by atoms with Crippen molar-refractivity contribution < 1.29 is 9.59 Å². The number of hydrogen-bond acceptors (Lipinski definition) is 7. The number of halogens is 1. The largest absolute Gasteiger partial charge is 0.373 e. The molecule has 2 heterocycles. The zero-order chi connectivity index (χ0) is 20.6. The van der Waals surface area contributed by atoms with Crippen molar-refractivity contribution >= 4 is 29.6 Å². The molecule has 0 amide bonds. The van der Waals surface area contributed by atoms with Crippen molar-refractivity contribution in [2.45, 2.75) is 38.1 Å². The van der Waals surface area contributed by atoms with E-state index in [4.69, 9.17) is 26.9 Å². The van der Waals surface area contributed by atoms with Crippen LogP contribution < -0.4 is 10.6 Å². The maximum Gasteiger partial charge on any atom is 0.373 e. The number of anilines is 2. The molecule has 1 aromatic carbocycles. The number of piperidine rings is 1. The fourth-order valence-corrected chi connectivity index (χ4v) is 3.94. The summed E-state index contributed by atoms with van der Waals surface area (Å²) in [4.78, 5) is 25.5. The first-order chi connectivity index (χ1) is 14.1. The van der Waals surface area contributed by atoms with Crippen LogP contribution in [0.2, 0.25) is 5.02 Å². The van der Waals surface area contributed by atoms with Crippen LogP contribution in [0.1, 0.15) is 31.2 Å². The Morgan fingerprint density at radius 3 is 2.38 bits per heavy atom. The van der Waals surface area contributed by atoms with Gasteiger partial charge in [0.25, 0.3) is 0 Å². The van der Waals surface area contributed by atoms with Gasteiger partial charge in [-0.15, -0.1) is 5.10 Å². The molecule has 29 heavy (non-hydrogen) atoms. The minimum atomic E-state index is 0.250. The Morgan fingerprint density at radius 1 is 1.17 bits per heavy atom. The van der Waals surface area contributed by atoms with E-state index in [9.17, 15) is 0 Å². The Kier molecular flexibility index (Phi) is 7.63. The van der Waals surface area contributed by atoms with E-state index in [2.05, 4.69) is 37.1 Å². The van der Waals surface area contributed by atoms with E-state index in [1.54, 1.807) is 0 Å². The third kappa shape index (κ3) is 6.56. The number of aromatic amines is 1. The second-order valence-corrected chi connectivity index (χ2v) is 8.07. The quantitative estimate of drug-likeness (QED) is 0.710. The number of nitrogens with zero attached hydrogens (tertiary/aromatic N) is 4. The smallest absolute Gasteiger partial charge is 0.368 e. The Morgan fingerprint density at radius 2 is 1.83 bits per heavy atom. The first-order valence-electron chi connectivity index (χ1n) is 9.99. The predicted molar refractivity (Wildman–Crippen MR) is 110 cm³/mol. The molecule has 8 nitrogen and oxygen atoms in total. The highest BCUT2D eigenvalue weighted by Gasteiger charge is 2.30. The van der Waals surface area contributed by atoms with Crippen LogP contribution in [0.15, 0.2) is 24.3 Å². The number of nitrogens with two attached hydrogens (primary N) is 1. The summed E-state index contributed by atoms with van der Waals surface area (Å²) in [6.45, 7) is 4.34. The Balaban J connectivity index is 0.000000755. The molecule has 2 aromatic rings. The zero-order valence-electron chi connectivity index (χ0n) is 16.4. The molecule has 1 saturated carbocycles. The number of nitrogens with one attached hydrogen (secondary N) is 1. The lowest BCUT2D eigenvalue weighted by molar-refractivity contribution is -0.191. The van der Waals surface area contributed by atoms with Crippen molar-refractivity contribution in [1.29, 1.82) is 0 Å². The Bertz CT molecular complexity index is 794. The van der Waals surface area contributed by atoms with Crippen molar-refractivity contribution in [2.24, 2.45) is 5.92 Å². The summed E-state index contributed by atoms with van der Waals surface area (Å²) in [6, 6.07) is 8.92. The highest BCUT2D eigenvalue weighted by Crippen LogP contribution is 2.32. The molecule has 9 heteroatoms.